The number of hydrogen-bond donors (Lipinski definition) is 0. The minimum absolute atomic E-state index is 0.000478. The molecule has 0 fully saturated rings. The first-order valence-electron chi connectivity index (χ1n) is 26.9. The van der Waals surface area contributed by atoms with Gasteiger partial charge < -0.3 is 0 Å². The third kappa shape index (κ3) is 8.25. The number of fused-ring (bicyclic) bond motifs is 9. The highest BCUT2D eigenvalue weighted by atomic mass is 32.2. The molecule has 7 aromatic rings. The van der Waals surface area contributed by atoms with E-state index in [1.165, 1.54) is 18.1 Å². The first-order valence-corrected chi connectivity index (χ1v) is 27.8. The van der Waals surface area contributed by atoms with Gasteiger partial charge in [0, 0.05) is 10.3 Å². The maximum atomic E-state index is 7.44. The molecule has 0 N–H and O–H groups in total. The number of nitrogens with zero attached hydrogens (tertiary/aromatic N) is 2. The van der Waals surface area contributed by atoms with E-state index in [0.717, 1.165) is 4.90 Å². The minimum Gasteiger partial charge on any atom is -0.264 e. The normalized spacial score (nSPS) is 17.9. The summed E-state index contributed by atoms with van der Waals surface area (Å²) in [5, 5.41) is -5.72. The summed E-state index contributed by atoms with van der Waals surface area (Å²) in [7, 11) is 206. The van der Waals surface area contributed by atoms with E-state index < -0.39 is 43.5 Å². The number of rotatable bonds is 7. The zero-order valence-corrected chi connectivity index (χ0v) is 49.0. The second-order valence-electron chi connectivity index (χ2n) is 24.1. The van der Waals surface area contributed by atoms with E-state index in [-0.39, 0.29) is 176 Å². The summed E-state index contributed by atoms with van der Waals surface area (Å²) in [6.07, 6.45) is 1.37. The Kier molecular flexibility index (Phi) is 15.9. The smallest absolute Gasteiger partial charge is 0.115 e. The average Bonchev–Trinajstić information content (AvgIpc) is 1.50. The molecule has 0 saturated heterocycles. The molecule has 0 aromatic heterocycles. The highest BCUT2D eigenvalue weighted by Gasteiger charge is 2.58. The Balaban J connectivity index is 1.07. The van der Waals surface area contributed by atoms with Gasteiger partial charge in [0.15, 0.2) is 0 Å². The van der Waals surface area contributed by atoms with Crippen molar-refractivity contribution in [2.75, 3.05) is 0 Å². The molecular formula is C55H16B30N2S. The monoisotopic (exact) mass is 1070 g/mol. The Hall–Kier alpha value is -3.82. The van der Waals surface area contributed by atoms with Crippen LogP contribution in [0.3, 0.4) is 0 Å². The fourth-order valence-corrected chi connectivity index (χ4v) is 15.9. The van der Waals surface area contributed by atoms with Gasteiger partial charge in [0.05, 0.1) is 79.8 Å². The van der Waals surface area contributed by atoms with E-state index in [2.05, 4.69) is 0 Å². The van der Waals surface area contributed by atoms with Gasteiger partial charge in [0.25, 0.3) is 0 Å². The Morgan fingerprint density at radius 1 is 0.386 bits per heavy atom. The van der Waals surface area contributed by atoms with Crippen molar-refractivity contribution in [2.45, 2.75) is 63.7 Å². The lowest BCUT2D eigenvalue weighted by atomic mass is 9.17. The van der Waals surface area contributed by atoms with Gasteiger partial charge in [0.1, 0.15) is 179 Å². The lowest BCUT2D eigenvalue weighted by Crippen LogP contribution is -2.59. The molecule has 0 saturated carbocycles. The van der Waals surface area contributed by atoms with Crippen LogP contribution < -0.4 is 120 Å². The largest absolute Gasteiger partial charge is 0.264 e. The zero-order chi connectivity index (χ0) is 65.3. The molecule has 33 heteroatoms. The van der Waals surface area contributed by atoms with Crippen molar-refractivity contribution in [3.63, 3.8) is 0 Å². The molecule has 2 heterocycles. The van der Waals surface area contributed by atoms with Crippen LogP contribution in [0, 0.1) is 5.41 Å². The summed E-state index contributed by atoms with van der Waals surface area (Å²) < 4.78 is 0. The minimum atomic E-state index is -2.54. The van der Waals surface area contributed by atoms with Crippen LogP contribution in [0.1, 0.15) is 60.2 Å². The lowest BCUT2D eigenvalue weighted by Gasteiger charge is -2.57. The van der Waals surface area contributed by atoms with Crippen LogP contribution in [0.4, 0.5) is 0 Å². The van der Waals surface area contributed by atoms with Crippen LogP contribution in [0.5, 0.6) is 0 Å². The Labute approximate surface area is 561 Å². The maximum absolute atomic E-state index is 7.44. The quantitative estimate of drug-likeness (QED) is 0.146. The second-order valence-corrected chi connectivity index (χ2v) is 25.2. The Morgan fingerprint density at radius 2 is 0.716 bits per heavy atom. The van der Waals surface area contributed by atoms with Gasteiger partial charge in [0.2, 0.25) is 0 Å². The predicted octanol–water partition coefficient (Wildman–Crippen LogP) is -16.0. The van der Waals surface area contributed by atoms with E-state index in [1.54, 1.807) is 6.07 Å². The molecule has 11 rings (SSSR count). The first kappa shape index (κ1) is 65.7. The number of thioether (sulfide) groups is 1. The Morgan fingerprint density at radius 3 is 1.17 bits per heavy atom. The van der Waals surface area contributed by atoms with E-state index >= 15 is 0 Å². The average molecular weight is 1060 g/mol. The second kappa shape index (κ2) is 21.4. The van der Waals surface area contributed by atoms with Crippen molar-refractivity contribution in [3.8, 4) is 55.6 Å². The molecule has 7 aromatic carbocycles. The van der Waals surface area contributed by atoms with Crippen LogP contribution in [-0.4, -0.2) is 253 Å². The lowest BCUT2D eigenvalue weighted by molar-refractivity contribution is 0.247. The van der Waals surface area contributed by atoms with Crippen LogP contribution >= 0.6 is 11.8 Å². The molecule has 0 bridgehead atoms. The molecule has 0 amide bonds. The van der Waals surface area contributed by atoms with Gasteiger partial charge in [-0.25, -0.2) is 4.99 Å². The molecule has 88 heavy (non-hydrogen) atoms. The molecule has 2 aliphatic carbocycles. The summed E-state index contributed by atoms with van der Waals surface area (Å²) in [5.41, 5.74) is -5.00. The predicted molar refractivity (Wildman–Crippen MR) is 402 cm³/mol. The van der Waals surface area contributed by atoms with E-state index in [1.807, 2.05) is 32.9 Å². The van der Waals surface area contributed by atoms with Crippen molar-refractivity contribution in [2.24, 2.45) is 15.4 Å². The number of hydrogen-bond acceptors (Lipinski definition) is 3. The third-order valence-corrected chi connectivity index (χ3v) is 19.9. The SMILES string of the molecule is [B]c1c([B])c(C2=NC=NC3c4cc(-c5c([B])c([B])c([B])c(-c6c([B])c([B])c7c(c6[B])C(C([B])([B])[B])(C([B])([B])[B])c6c([B])c([B])c([B])c([B])c6-7)c5[B])ccc4SC23)c([B])c(-c2c([B])c([B])c3c(c2[B])C(C([B])[B])(C(C)(C)C)c2c([B])c([B])c([B])c([B])c2-3)c1[B]. The summed E-state index contributed by atoms with van der Waals surface area (Å²) in [4.78, 5) is 10.4. The standard InChI is InChI=1S/C55H16B30N2S/c1-51(2,3)52(50(78)79)21-12(13-22(52)39(70)45(76)43(74)32(13)63)30(61)34(65)18(27(21)58)17-26(57)20(38(69)42(73)37(17)68)48-49-47(86-7-87-48)9-6-8(4-5-10(9)88-49)11-25(56)16(36(67)41(72)29(11)60)19-28(59)23-14(31(62)35(19)66)15-24(40(71)46(77)44(75)33(15)64)53(23,54(80,81)82)55(83,84)85/h4-7,47,49-50H,1-3H3. The van der Waals surface area contributed by atoms with E-state index in [9.17, 15) is 0 Å². The van der Waals surface area contributed by atoms with Gasteiger partial charge in [-0.05, 0) is 112 Å². The van der Waals surface area contributed by atoms with Crippen molar-refractivity contribution >= 4 is 379 Å². The molecule has 3 unspecified atom stereocenters. The fourth-order valence-electron chi connectivity index (χ4n) is 14.5. The number of benzene rings is 7. The summed E-state index contributed by atoms with van der Waals surface area (Å²) in [6.45, 7) is 5.70. The molecule has 60 radical (unpaired) electrons. The molecular weight excluding hydrogens is 1050 g/mol. The van der Waals surface area contributed by atoms with Gasteiger partial charge in [-0.2, -0.15) is 0 Å². The van der Waals surface area contributed by atoms with Gasteiger partial charge in [-0.15, -0.1) is 54.8 Å². The fraction of sp³-hybridized carbons (Fsp3) is 0.200. The summed E-state index contributed by atoms with van der Waals surface area (Å²) in [6, 6.07) is 4.73. The van der Waals surface area contributed by atoms with Crippen LogP contribution in [0.2, 0.25) is 15.9 Å². The maximum Gasteiger partial charge on any atom is 0.115 e. The van der Waals surface area contributed by atoms with Crippen molar-refractivity contribution in [1.29, 1.82) is 0 Å². The number of aliphatic imine (C=N–C) groups is 2. The van der Waals surface area contributed by atoms with E-state index in [0.29, 0.717) is 39.1 Å². The van der Waals surface area contributed by atoms with Crippen molar-refractivity contribution in [3.05, 3.63) is 51.6 Å². The van der Waals surface area contributed by atoms with Gasteiger partial charge >= 0.3 is 0 Å². The van der Waals surface area contributed by atoms with E-state index in [4.69, 9.17) is 245 Å². The Bertz CT molecular complexity index is 4450. The van der Waals surface area contributed by atoms with Crippen LogP contribution in [0.15, 0.2) is 33.1 Å². The molecule has 3 atom stereocenters. The van der Waals surface area contributed by atoms with Crippen molar-refractivity contribution in [1.82, 2.24) is 0 Å². The highest BCUT2D eigenvalue weighted by molar-refractivity contribution is 8.01. The van der Waals surface area contributed by atoms with Gasteiger partial charge in [-0.1, -0.05) is 120 Å². The topological polar surface area (TPSA) is 24.7 Å². The van der Waals surface area contributed by atoms with Crippen LogP contribution in [0.25, 0.3) is 55.6 Å². The zero-order valence-electron chi connectivity index (χ0n) is 48.2. The molecule has 2 nitrogen and oxygen atoms in total. The molecule has 342 valence electrons. The molecule has 4 aliphatic rings. The third-order valence-electron chi connectivity index (χ3n) is 18.5. The summed E-state index contributed by atoms with van der Waals surface area (Å²) >= 11 is 1.40. The van der Waals surface area contributed by atoms with Crippen LogP contribution in [-0.2, 0) is 10.8 Å². The molecule has 2 aliphatic heterocycles. The van der Waals surface area contributed by atoms with Crippen molar-refractivity contribution < 1.29 is 0 Å². The summed E-state index contributed by atoms with van der Waals surface area (Å²) in [5.74, 6) is 0. The first-order chi connectivity index (χ1) is 40.6. The van der Waals surface area contributed by atoms with Gasteiger partial charge in [-0.3, -0.25) is 4.99 Å². The highest BCUT2D eigenvalue weighted by Crippen LogP contribution is 2.63. The molecule has 0 spiro atoms.